The van der Waals surface area contributed by atoms with Crippen molar-refractivity contribution in [3.63, 3.8) is 0 Å². The van der Waals surface area contributed by atoms with Gasteiger partial charge in [-0.1, -0.05) is 17.4 Å². The molecule has 0 N–H and O–H groups in total. The molecule has 2 aromatic carbocycles. The van der Waals surface area contributed by atoms with E-state index in [1.807, 2.05) is 44.1 Å². The predicted molar refractivity (Wildman–Crippen MR) is 130 cm³/mol. The van der Waals surface area contributed by atoms with Gasteiger partial charge in [0.15, 0.2) is 15.0 Å². The summed E-state index contributed by atoms with van der Waals surface area (Å²) in [4.78, 5) is 21.3. The smallest absolute Gasteiger partial charge is 0.229 e. The Morgan fingerprint density at radius 3 is 2.44 bits per heavy atom. The number of carbonyl (C=O) groups excluding carboxylic acids is 1. The molecule has 174 valence electrons. The van der Waals surface area contributed by atoms with Crippen LogP contribution in [0.15, 0.2) is 47.4 Å². The zero-order chi connectivity index (χ0) is 22.6. The summed E-state index contributed by atoms with van der Waals surface area (Å²) in [6.45, 7) is 3.24. The van der Waals surface area contributed by atoms with Crippen LogP contribution in [0.3, 0.4) is 0 Å². The highest BCUT2D eigenvalue weighted by molar-refractivity contribution is 7.91. The van der Waals surface area contributed by atoms with Crippen LogP contribution in [0.4, 0.5) is 9.52 Å². The van der Waals surface area contributed by atoms with E-state index in [0.717, 1.165) is 40.9 Å². The van der Waals surface area contributed by atoms with Gasteiger partial charge in [-0.05, 0) is 75.9 Å². The molecule has 1 amide bonds. The number of amides is 1. The van der Waals surface area contributed by atoms with Gasteiger partial charge in [-0.15, -0.1) is 12.4 Å². The van der Waals surface area contributed by atoms with Crippen LogP contribution in [0.25, 0.3) is 10.2 Å². The van der Waals surface area contributed by atoms with Gasteiger partial charge in [0, 0.05) is 13.0 Å². The number of fused-ring (bicyclic) bond motifs is 1. The fraction of sp³-hybridized carbons (Fsp3) is 0.364. The Hall–Kier alpha value is -2.07. The first-order valence-corrected chi connectivity index (χ1v) is 12.4. The number of sulfone groups is 1. The molecular formula is C22H27ClFN3O3S2. The second kappa shape index (κ2) is 11.2. The molecule has 0 aliphatic carbocycles. The van der Waals surface area contributed by atoms with Gasteiger partial charge in [-0.25, -0.2) is 17.8 Å². The SMILES string of the molecule is Cc1ccc2nc(N(CCCN(C)C)C(=O)CCS(=O)(=O)c3ccc(F)cc3)sc2c1.Cl. The van der Waals surface area contributed by atoms with Crippen LogP contribution in [0.5, 0.6) is 0 Å². The van der Waals surface area contributed by atoms with Crippen molar-refractivity contribution in [3.05, 3.63) is 53.8 Å². The lowest BCUT2D eigenvalue weighted by atomic mass is 10.2. The number of thiazole rings is 1. The van der Waals surface area contributed by atoms with Crippen LogP contribution in [-0.2, 0) is 14.6 Å². The van der Waals surface area contributed by atoms with Gasteiger partial charge < -0.3 is 4.90 Å². The normalized spacial score (nSPS) is 11.5. The summed E-state index contributed by atoms with van der Waals surface area (Å²) < 4.78 is 39.2. The van der Waals surface area contributed by atoms with Gasteiger partial charge in [0.05, 0.1) is 20.9 Å². The van der Waals surface area contributed by atoms with Crippen molar-refractivity contribution < 1.29 is 17.6 Å². The number of halogens is 2. The summed E-state index contributed by atoms with van der Waals surface area (Å²) in [7, 11) is 0.229. The van der Waals surface area contributed by atoms with E-state index in [1.165, 1.54) is 23.5 Å². The van der Waals surface area contributed by atoms with Crippen LogP contribution < -0.4 is 4.90 Å². The average molecular weight is 500 g/mol. The number of aromatic nitrogens is 1. The summed E-state index contributed by atoms with van der Waals surface area (Å²) in [5.41, 5.74) is 1.92. The first kappa shape index (κ1) is 26.2. The number of aryl methyl sites for hydroxylation is 1. The van der Waals surface area contributed by atoms with Crippen molar-refractivity contribution in [2.45, 2.75) is 24.7 Å². The molecule has 0 fully saturated rings. The van der Waals surface area contributed by atoms with E-state index in [4.69, 9.17) is 0 Å². The van der Waals surface area contributed by atoms with Crippen molar-refractivity contribution in [2.24, 2.45) is 0 Å². The van der Waals surface area contributed by atoms with Gasteiger partial charge in [0.1, 0.15) is 5.82 Å². The molecule has 0 spiro atoms. The van der Waals surface area contributed by atoms with Crippen LogP contribution in [-0.4, -0.2) is 57.1 Å². The standard InChI is InChI=1S/C22H26FN3O3S2.ClH/c1-16-5-10-19-20(15-16)30-22(24-19)26(13-4-12-25(2)3)21(27)11-14-31(28,29)18-8-6-17(23)7-9-18;/h5-10,15H,4,11-14H2,1-3H3;1H. The van der Waals surface area contributed by atoms with E-state index in [-0.39, 0.29) is 35.4 Å². The predicted octanol–water partition coefficient (Wildman–Crippen LogP) is 4.31. The molecule has 0 radical (unpaired) electrons. The largest absolute Gasteiger partial charge is 0.309 e. The summed E-state index contributed by atoms with van der Waals surface area (Å²) >= 11 is 1.43. The molecule has 0 aliphatic rings. The van der Waals surface area contributed by atoms with Crippen molar-refractivity contribution >= 4 is 54.8 Å². The monoisotopic (exact) mass is 499 g/mol. The van der Waals surface area contributed by atoms with E-state index in [1.54, 1.807) is 4.90 Å². The minimum Gasteiger partial charge on any atom is -0.309 e. The van der Waals surface area contributed by atoms with Crippen molar-refractivity contribution in [2.75, 3.05) is 37.8 Å². The summed E-state index contributed by atoms with van der Waals surface area (Å²) in [5.74, 6) is -1.14. The Bertz CT molecular complexity index is 1160. The lowest BCUT2D eigenvalue weighted by Gasteiger charge is -2.21. The lowest BCUT2D eigenvalue weighted by molar-refractivity contribution is -0.118. The van der Waals surface area contributed by atoms with E-state index in [9.17, 15) is 17.6 Å². The first-order chi connectivity index (χ1) is 14.7. The topological polar surface area (TPSA) is 70.6 Å². The highest BCUT2D eigenvalue weighted by Crippen LogP contribution is 2.30. The number of hydrogen-bond acceptors (Lipinski definition) is 6. The Balaban J connectivity index is 0.00000363. The van der Waals surface area contributed by atoms with Gasteiger partial charge in [0.25, 0.3) is 0 Å². The fourth-order valence-electron chi connectivity index (χ4n) is 3.12. The van der Waals surface area contributed by atoms with Gasteiger partial charge >= 0.3 is 0 Å². The second-order valence-electron chi connectivity index (χ2n) is 7.69. The number of carbonyl (C=O) groups is 1. The third kappa shape index (κ3) is 6.71. The highest BCUT2D eigenvalue weighted by Gasteiger charge is 2.23. The minimum atomic E-state index is -3.69. The highest BCUT2D eigenvalue weighted by atomic mass is 35.5. The average Bonchev–Trinajstić information content (AvgIpc) is 3.12. The van der Waals surface area contributed by atoms with Crippen LogP contribution >= 0.6 is 23.7 Å². The minimum absolute atomic E-state index is 0. The van der Waals surface area contributed by atoms with Gasteiger partial charge in [0.2, 0.25) is 5.91 Å². The third-order valence-electron chi connectivity index (χ3n) is 4.81. The lowest BCUT2D eigenvalue weighted by Crippen LogP contribution is -2.34. The molecule has 0 atom stereocenters. The molecule has 1 aromatic heterocycles. The molecule has 0 bridgehead atoms. The molecular weight excluding hydrogens is 473 g/mol. The van der Waals surface area contributed by atoms with E-state index < -0.39 is 15.7 Å². The van der Waals surface area contributed by atoms with Crippen LogP contribution in [0.1, 0.15) is 18.4 Å². The maximum Gasteiger partial charge on any atom is 0.229 e. The maximum atomic E-state index is 13.1. The van der Waals surface area contributed by atoms with Gasteiger partial charge in [-0.2, -0.15) is 0 Å². The number of anilines is 1. The van der Waals surface area contributed by atoms with Gasteiger partial charge in [-0.3, -0.25) is 9.69 Å². The Morgan fingerprint density at radius 1 is 1.09 bits per heavy atom. The maximum absolute atomic E-state index is 13.1. The molecule has 32 heavy (non-hydrogen) atoms. The Labute approximate surface area is 198 Å². The molecule has 3 aromatic rings. The second-order valence-corrected chi connectivity index (χ2v) is 10.8. The summed E-state index contributed by atoms with van der Waals surface area (Å²) in [6, 6.07) is 10.6. The number of benzene rings is 2. The summed E-state index contributed by atoms with van der Waals surface area (Å²) in [6.07, 6.45) is 0.565. The number of hydrogen-bond donors (Lipinski definition) is 0. The van der Waals surface area contributed by atoms with Crippen LogP contribution in [0, 0.1) is 12.7 Å². The van der Waals surface area contributed by atoms with E-state index in [2.05, 4.69) is 4.98 Å². The van der Waals surface area contributed by atoms with E-state index >= 15 is 0 Å². The first-order valence-electron chi connectivity index (χ1n) is 9.96. The van der Waals surface area contributed by atoms with Crippen molar-refractivity contribution in [1.29, 1.82) is 0 Å². The third-order valence-corrected chi connectivity index (χ3v) is 7.58. The quantitative estimate of drug-likeness (QED) is 0.410. The molecule has 0 aliphatic heterocycles. The van der Waals surface area contributed by atoms with Crippen LogP contribution in [0.2, 0.25) is 0 Å². The molecule has 6 nitrogen and oxygen atoms in total. The number of nitrogens with zero attached hydrogens (tertiary/aromatic N) is 3. The molecule has 0 saturated carbocycles. The van der Waals surface area contributed by atoms with Crippen molar-refractivity contribution in [3.8, 4) is 0 Å². The van der Waals surface area contributed by atoms with Crippen molar-refractivity contribution in [1.82, 2.24) is 9.88 Å². The van der Waals surface area contributed by atoms with E-state index in [0.29, 0.717) is 11.7 Å². The number of rotatable bonds is 9. The molecule has 3 rings (SSSR count). The Kier molecular flexibility index (Phi) is 9.15. The molecule has 0 unspecified atom stereocenters. The molecule has 1 heterocycles. The zero-order valence-electron chi connectivity index (χ0n) is 18.2. The molecule has 0 saturated heterocycles. The fourth-order valence-corrected chi connectivity index (χ4v) is 5.46. The molecule has 10 heteroatoms. The Morgan fingerprint density at radius 2 is 1.78 bits per heavy atom. The summed E-state index contributed by atoms with van der Waals surface area (Å²) in [5, 5.41) is 0.573. The zero-order valence-corrected chi connectivity index (χ0v) is 20.7.